The zero-order valence-corrected chi connectivity index (χ0v) is 16.1. The van der Waals surface area contributed by atoms with Gasteiger partial charge in [0, 0.05) is 43.2 Å². The summed E-state index contributed by atoms with van der Waals surface area (Å²) in [5, 5.41) is 1.05. The lowest BCUT2D eigenvalue weighted by molar-refractivity contribution is 0.312. The Bertz CT molecular complexity index is 935. The second kappa shape index (κ2) is 7.45. The van der Waals surface area contributed by atoms with Crippen molar-refractivity contribution in [2.75, 3.05) is 52.3 Å². The third-order valence-electron chi connectivity index (χ3n) is 5.19. The molecule has 0 atom stereocenters. The van der Waals surface area contributed by atoms with Crippen molar-refractivity contribution in [3.63, 3.8) is 0 Å². The van der Waals surface area contributed by atoms with Crippen LogP contribution in [0, 0.1) is 0 Å². The number of benzene rings is 2. The van der Waals surface area contributed by atoms with Crippen molar-refractivity contribution in [2.24, 2.45) is 0 Å². The predicted molar refractivity (Wildman–Crippen MR) is 110 cm³/mol. The number of anilines is 1. The number of hydrogen-bond acceptors (Lipinski definition) is 5. The molecule has 0 saturated carbocycles. The van der Waals surface area contributed by atoms with Crippen molar-refractivity contribution >= 4 is 16.7 Å². The summed E-state index contributed by atoms with van der Waals surface area (Å²) in [4.78, 5) is 9.80. The van der Waals surface area contributed by atoms with Gasteiger partial charge in [0.25, 0.3) is 0 Å². The summed E-state index contributed by atoms with van der Waals surface area (Å²) in [6.07, 6.45) is 0. The van der Waals surface area contributed by atoms with Crippen molar-refractivity contribution in [1.82, 2.24) is 9.88 Å². The Labute approximate surface area is 160 Å². The van der Waals surface area contributed by atoms with E-state index in [1.165, 1.54) is 5.56 Å². The molecule has 1 aliphatic rings. The van der Waals surface area contributed by atoms with Gasteiger partial charge >= 0.3 is 0 Å². The molecule has 0 unspecified atom stereocenters. The summed E-state index contributed by atoms with van der Waals surface area (Å²) in [6.45, 7) is 4.03. The van der Waals surface area contributed by atoms with Crippen molar-refractivity contribution in [3.05, 3.63) is 48.5 Å². The lowest BCUT2D eigenvalue weighted by Crippen LogP contribution is -2.45. The first kappa shape index (κ1) is 17.6. The van der Waals surface area contributed by atoms with Crippen LogP contribution >= 0.6 is 0 Å². The minimum atomic E-state index is 0.703. The molecule has 2 heterocycles. The van der Waals surface area contributed by atoms with Crippen LogP contribution in [0.25, 0.3) is 22.0 Å². The number of rotatable bonds is 4. The van der Waals surface area contributed by atoms with Gasteiger partial charge in [-0.2, -0.15) is 0 Å². The Morgan fingerprint density at radius 1 is 0.852 bits per heavy atom. The first-order valence-electron chi connectivity index (χ1n) is 9.25. The van der Waals surface area contributed by atoms with E-state index < -0.39 is 0 Å². The van der Waals surface area contributed by atoms with Crippen molar-refractivity contribution in [3.8, 4) is 22.6 Å². The highest BCUT2D eigenvalue weighted by Crippen LogP contribution is 2.37. The van der Waals surface area contributed by atoms with Gasteiger partial charge in [-0.15, -0.1) is 0 Å². The van der Waals surface area contributed by atoms with Crippen LogP contribution in [0.2, 0.25) is 0 Å². The Kier molecular flexibility index (Phi) is 4.86. The highest BCUT2D eigenvalue weighted by Gasteiger charge is 2.20. The van der Waals surface area contributed by atoms with Crippen LogP contribution in [0.5, 0.6) is 11.5 Å². The molecule has 0 N–H and O–H groups in total. The van der Waals surface area contributed by atoms with E-state index in [2.05, 4.69) is 47.2 Å². The summed E-state index contributed by atoms with van der Waals surface area (Å²) in [5.74, 6) is 2.46. The van der Waals surface area contributed by atoms with Gasteiger partial charge in [-0.1, -0.05) is 30.3 Å². The zero-order valence-electron chi connectivity index (χ0n) is 16.1. The second-order valence-corrected chi connectivity index (χ2v) is 6.92. The number of likely N-dealkylation sites (N-methyl/N-ethyl adjacent to an activating group) is 1. The Morgan fingerprint density at radius 2 is 1.52 bits per heavy atom. The molecule has 0 spiro atoms. The summed E-state index contributed by atoms with van der Waals surface area (Å²) >= 11 is 0. The average Bonchev–Trinajstić information content (AvgIpc) is 2.73. The van der Waals surface area contributed by atoms with Crippen molar-refractivity contribution < 1.29 is 9.47 Å². The van der Waals surface area contributed by atoms with E-state index >= 15 is 0 Å². The van der Waals surface area contributed by atoms with Gasteiger partial charge in [-0.25, -0.2) is 4.98 Å². The number of pyridine rings is 1. The number of ether oxygens (including phenoxy) is 2. The van der Waals surface area contributed by atoms with Crippen molar-refractivity contribution in [1.29, 1.82) is 0 Å². The third-order valence-corrected chi connectivity index (χ3v) is 5.19. The number of aromatic nitrogens is 1. The fourth-order valence-electron chi connectivity index (χ4n) is 3.58. The van der Waals surface area contributed by atoms with Gasteiger partial charge in [-0.3, -0.25) is 0 Å². The molecule has 0 amide bonds. The third kappa shape index (κ3) is 3.43. The van der Waals surface area contributed by atoms with E-state index in [1.807, 2.05) is 18.2 Å². The van der Waals surface area contributed by atoms with Crippen LogP contribution in [0.3, 0.4) is 0 Å². The predicted octanol–water partition coefficient (Wildman–Crippen LogP) is 3.67. The SMILES string of the molecule is COc1cc2cc(-c3ccccc3)c(N3CCN(C)CC3)nc2cc1OC. The van der Waals surface area contributed by atoms with Gasteiger partial charge in [0.1, 0.15) is 5.82 Å². The topological polar surface area (TPSA) is 37.8 Å². The fourth-order valence-corrected chi connectivity index (χ4v) is 3.58. The maximum atomic E-state index is 5.48. The van der Waals surface area contributed by atoms with Crippen LogP contribution in [0.15, 0.2) is 48.5 Å². The highest BCUT2D eigenvalue weighted by atomic mass is 16.5. The van der Waals surface area contributed by atoms with E-state index in [0.29, 0.717) is 5.75 Å². The minimum Gasteiger partial charge on any atom is -0.493 e. The molecule has 4 rings (SSSR count). The van der Waals surface area contributed by atoms with Gasteiger partial charge in [0.15, 0.2) is 11.5 Å². The van der Waals surface area contributed by atoms with Crippen molar-refractivity contribution in [2.45, 2.75) is 0 Å². The number of nitrogens with zero attached hydrogens (tertiary/aromatic N) is 3. The number of hydrogen-bond donors (Lipinski definition) is 0. The number of fused-ring (bicyclic) bond motifs is 1. The molecule has 1 saturated heterocycles. The molecule has 1 aromatic heterocycles. The molecular weight excluding hydrogens is 338 g/mol. The second-order valence-electron chi connectivity index (χ2n) is 6.92. The summed E-state index contributed by atoms with van der Waals surface area (Å²) < 4.78 is 11.0. The van der Waals surface area contributed by atoms with E-state index in [9.17, 15) is 0 Å². The van der Waals surface area contributed by atoms with Crippen LogP contribution in [0.4, 0.5) is 5.82 Å². The van der Waals surface area contributed by atoms with E-state index in [-0.39, 0.29) is 0 Å². The van der Waals surface area contributed by atoms with Gasteiger partial charge in [-0.05, 0) is 24.7 Å². The molecule has 3 aromatic rings. The molecule has 27 heavy (non-hydrogen) atoms. The van der Waals surface area contributed by atoms with Crippen LogP contribution in [-0.4, -0.2) is 57.3 Å². The smallest absolute Gasteiger partial charge is 0.162 e. The molecule has 1 fully saturated rings. The Hall–Kier alpha value is -2.79. The van der Waals surface area contributed by atoms with Crippen LogP contribution < -0.4 is 14.4 Å². The molecule has 2 aromatic carbocycles. The fraction of sp³-hybridized carbons (Fsp3) is 0.318. The highest BCUT2D eigenvalue weighted by molar-refractivity contribution is 5.91. The maximum absolute atomic E-state index is 5.48. The molecule has 0 aliphatic carbocycles. The quantitative estimate of drug-likeness (QED) is 0.707. The van der Waals surface area contributed by atoms with E-state index in [0.717, 1.165) is 54.2 Å². The largest absolute Gasteiger partial charge is 0.493 e. The molecular formula is C22H25N3O2. The standard InChI is InChI=1S/C22H25N3O2/c1-24-9-11-25(12-10-24)22-18(16-7-5-4-6-8-16)13-17-14-20(26-2)21(27-3)15-19(17)23-22/h4-8,13-15H,9-12H2,1-3H3. The average molecular weight is 363 g/mol. The molecule has 5 heteroatoms. The summed E-state index contributed by atoms with van der Waals surface area (Å²) in [6, 6.07) is 16.6. The first-order chi connectivity index (χ1) is 13.2. The molecule has 5 nitrogen and oxygen atoms in total. The normalized spacial score (nSPS) is 15.1. The van der Waals surface area contributed by atoms with E-state index in [1.54, 1.807) is 14.2 Å². The molecule has 0 bridgehead atoms. The van der Waals surface area contributed by atoms with Gasteiger partial charge in [0.2, 0.25) is 0 Å². The van der Waals surface area contributed by atoms with Gasteiger partial charge < -0.3 is 19.3 Å². The Balaban J connectivity index is 1.90. The number of piperazine rings is 1. The molecule has 140 valence electrons. The molecule has 0 radical (unpaired) electrons. The summed E-state index contributed by atoms with van der Waals surface area (Å²) in [7, 11) is 5.48. The number of methoxy groups -OCH3 is 2. The summed E-state index contributed by atoms with van der Waals surface area (Å²) in [5.41, 5.74) is 3.25. The Morgan fingerprint density at radius 3 is 2.19 bits per heavy atom. The van der Waals surface area contributed by atoms with Gasteiger partial charge in [0.05, 0.1) is 19.7 Å². The monoisotopic (exact) mass is 363 g/mol. The lowest BCUT2D eigenvalue weighted by Gasteiger charge is -2.34. The zero-order chi connectivity index (χ0) is 18.8. The minimum absolute atomic E-state index is 0.703. The van der Waals surface area contributed by atoms with Crippen LogP contribution in [0.1, 0.15) is 0 Å². The molecule has 1 aliphatic heterocycles. The van der Waals surface area contributed by atoms with Crippen LogP contribution in [-0.2, 0) is 0 Å². The van der Waals surface area contributed by atoms with E-state index in [4.69, 9.17) is 14.5 Å². The maximum Gasteiger partial charge on any atom is 0.162 e. The lowest BCUT2D eigenvalue weighted by atomic mass is 10.0. The first-order valence-corrected chi connectivity index (χ1v) is 9.25.